The number of carbonyl (C=O) groups excluding carboxylic acids is 2. The van der Waals surface area contributed by atoms with Gasteiger partial charge in [-0.1, -0.05) is 41.9 Å². The van der Waals surface area contributed by atoms with Gasteiger partial charge in [0.15, 0.2) is 0 Å². The molecule has 1 aliphatic heterocycles. The zero-order chi connectivity index (χ0) is 28.7. The number of amides is 2. The summed E-state index contributed by atoms with van der Waals surface area (Å²) in [4.78, 5) is 42.8. The van der Waals surface area contributed by atoms with Gasteiger partial charge in [0.05, 0.1) is 35.1 Å². The molecule has 2 heterocycles. The van der Waals surface area contributed by atoms with Crippen molar-refractivity contribution < 1.29 is 14.3 Å². The van der Waals surface area contributed by atoms with Gasteiger partial charge in [-0.05, 0) is 83.7 Å². The molecule has 2 amide bonds. The van der Waals surface area contributed by atoms with Gasteiger partial charge in [0, 0.05) is 23.1 Å². The van der Waals surface area contributed by atoms with E-state index in [1.54, 1.807) is 39.8 Å². The molecule has 1 saturated carbocycles. The summed E-state index contributed by atoms with van der Waals surface area (Å²) in [5, 5.41) is 3.49. The first kappa shape index (κ1) is 27.4. The van der Waals surface area contributed by atoms with E-state index >= 15 is 0 Å². The van der Waals surface area contributed by atoms with Crippen LogP contribution in [0.4, 0.5) is 0 Å². The molecule has 2 aliphatic rings. The van der Waals surface area contributed by atoms with Gasteiger partial charge in [0.25, 0.3) is 11.8 Å². The van der Waals surface area contributed by atoms with Crippen LogP contribution in [0.3, 0.4) is 0 Å². The molecule has 0 bridgehead atoms. The lowest BCUT2D eigenvalue weighted by Crippen LogP contribution is -2.41. The Hall–Kier alpha value is -3.82. The average Bonchev–Trinajstić information content (AvgIpc) is 3.76. The number of nitrogens with one attached hydrogen (secondary N) is 1. The van der Waals surface area contributed by atoms with E-state index in [0.29, 0.717) is 33.0 Å². The maximum atomic E-state index is 13.9. The zero-order valence-electron chi connectivity index (χ0n) is 22.3. The maximum absolute atomic E-state index is 13.9. The van der Waals surface area contributed by atoms with E-state index in [9.17, 15) is 14.4 Å². The Morgan fingerprint density at radius 2 is 1.76 bits per heavy atom. The van der Waals surface area contributed by atoms with Crippen LogP contribution in [0.25, 0.3) is 5.69 Å². The first-order chi connectivity index (χ1) is 19.8. The van der Waals surface area contributed by atoms with Crippen LogP contribution < -0.4 is 15.7 Å². The Labute approximate surface area is 250 Å². The van der Waals surface area contributed by atoms with Crippen molar-refractivity contribution in [2.45, 2.75) is 45.0 Å². The molecule has 210 valence electrons. The number of ether oxygens (including phenoxy) is 1. The van der Waals surface area contributed by atoms with E-state index in [4.69, 9.17) is 16.3 Å². The van der Waals surface area contributed by atoms with Crippen molar-refractivity contribution in [1.29, 1.82) is 0 Å². The molecule has 1 aliphatic carbocycles. The van der Waals surface area contributed by atoms with E-state index in [0.717, 1.165) is 24.2 Å². The number of fused-ring (bicyclic) bond motifs is 1. The number of halogens is 2. The summed E-state index contributed by atoms with van der Waals surface area (Å²) in [5.41, 5.74) is 2.29. The summed E-state index contributed by atoms with van der Waals surface area (Å²) >= 11 is 9.61. The third kappa shape index (κ3) is 5.56. The van der Waals surface area contributed by atoms with Crippen molar-refractivity contribution >= 4 is 39.3 Å². The maximum Gasteiger partial charge on any atom is 0.333 e. The number of benzene rings is 3. The Kier molecular flexibility index (Phi) is 7.48. The minimum Gasteiger partial charge on any atom is -0.490 e. The Bertz CT molecular complexity index is 1680. The van der Waals surface area contributed by atoms with Crippen molar-refractivity contribution in [3.8, 4) is 11.4 Å². The predicted molar refractivity (Wildman–Crippen MR) is 160 cm³/mol. The lowest BCUT2D eigenvalue weighted by atomic mass is 10.1. The molecule has 6 rings (SSSR count). The normalized spacial score (nSPS) is 15.2. The predicted octanol–water partition coefficient (Wildman–Crippen LogP) is 5.74. The molecule has 0 unspecified atom stereocenters. The number of aromatic nitrogens is 2. The molecule has 1 fully saturated rings. The molecule has 0 radical (unpaired) electrons. The molecule has 41 heavy (non-hydrogen) atoms. The van der Waals surface area contributed by atoms with Gasteiger partial charge >= 0.3 is 5.69 Å². The number of hydrogen-bond donors (Lipinski definition) is 1. The molecule has 1 atom stereocenters. The minimum atomic E-state index is -0.397. The molecular formula is C31H28BrClN4O4. The van der Waals surface area contributed by atoms with Crippen molar-refractivity contribution in [1.82, 2.24) is 19.4 Å². The van der Waals surface area contributed by atoms with Crippen LogP contribution >= 0.6 is 27.5 Å². The third-order valence-corrected chi connectivity index (χ3v) is 8.65. The molecule has 0 spiro atoms. The Morgan fingerprint density at radius 1 is 1.02 bits per heavy atom. The van der Waals surface area contributed by atoms with E-state index in [1.165, 1.54) is 4.57 Å². The number of carbonyl (C=O) groups is 2. The summed E-state index contributed by atoms with van der Waals surface area (Å²) in [6.07, 6.45) is 2.33. The topological polar surface area (TPSA) is 85.6 Å². The van der Waals surface area contributed by atoms with Gasteiger partial charge in [-0.25, -0.2) is 4.79 Å². The summed E-state index contributed by atoms with van der Waals surface area (Å²) in [5.74, 6) is 0.102. The molecule has 1 aromatic heterocycles. The lowest BCUT2D eigenvalue weighted by Gasteiger charge is -2.28. The van der Waals surface area contributed by atoms with Gasteiger partial charge in [-0.3, -0.25) is 18.7 Å². The van der Waals surface area contributed by atoms with Crippen LogP contribution in [0.15, 0.2) is 82.1 Å². The highest BCUT2D eigenvalue weighted by molar-refractivity contribution is 9.10. The molecule has 1 N–H and O–H groups in total. The SMILES string of the molecule is C[C@@H](NC(=O)c1c2n(c(=O)n1-c1ccc(OC3CC3)cc1)CCN(C(=O)c1ccc(Br)c(Cl)c1)C2)c1ccccc1. The average molecular weight is 636 g/mol. The van der Waals surface area contributed by atoms with E-state index in [-0.39, 0.29) is 42.5 Å². The fraction of sp³-hybridized carbons (Fsp3) is 0.258. The second kappa shape index (κ2) is 11.2. The Balaban J connectivity index is 1.38. The molecule has 4 aromatic rings. The number of imidazole rings is 1. The van der Waals surface area contributed by atoms with E-state index < -0.39 is 5.91 Å². The monoisotopic (exact) mass is 634 g/mol. The summed E-state index contributed by atoms with van der Waals surface area (Å²) in [6.45, 7) is 2.57. The van der Waals surface area contributed by atoms with Crippen LogP contribution in [0.2, 0.25) is 5.02 Å². The highest BCUT2D eigenvalue weighted by atomic mass is 79.9. The van der Waals surface area contributed by atoms with Gasteiger partial charge in [-0.15, -0.1) is 0 Å². The second-order valence-electron chi connectivity index (χ2n) is 10.3. The molecular weight excluding hydrogens is 608 g/mol. The van der Waals surface area contributed by atoms with Crippen LogP contribution in [0.5, 0.6) is 5.75 Å². The van der Waals surface area contributed by atoms with E-state index in [1.807, 2.05) is 49.4 Å². The van der Waals surface area contributed by atoms with Crippen LogP contribution in [0, 0.1) is 0 Å². The van der Waals surface area contributed by atoms with Gasteiger partial charge in [0.1, 0.15) is 11.4 Å². The fourth-order valence-corrected chi connectivity index (χ4v) is 5.49. The fourth-order valence-electron chi connectivity index (χ4n) is 5.06. The Morgan fingerprint density at radius 3 is 2.44 bits per heavy atom. The first-order valence-electron chi connectivity index (χ1n) is 13.5. The number of rotatable bonds is 7. The smallest absolute Gasteiger partial charge is 0.333 e. The highest BCUT2D eigenvalue weighted by Gasteiger charge is 2.33. The van der Waals surface area contributed by atoms with E-state index in [2.05, 4.69) is 21.2 Å². The van der Waals surface area contributed by atoms with Crippen molar-refractivity contribution in [3.63, 3.8) is 0 Å². The number of nitrogens with zero attached hydrogens (tertiary/aromatic N) is 3. The van der Waals surface area contributed by atoms with Gasteiger partial charge in [-0.2, -0.15) is 0 Å². The second-order valence-corrected chi connectivity index (χ2v) is 11.6. The van der Waals surface area contributed by atoms with Gasteiger partial charge < -0.3 is 15.0 Å². The number of hydrogen-bond acceptors (Lipinski definition) is 4. The van der Waals surface area contributed by atoms with Crippen LogP contribution in [-0.2, 0) is 13.1 Å². The van der Waals surface area contributed by atoms with Crippen molar-refractivity contribution in [2.75, 3.05) is 6.54 Å². The van der Waals surface area contributed by atoms with Crippen molar-refractivity contribution in [3.05, 3.63) is 115 Å². The minimum absolute atomic E-state index is 0.0973. The lowest BCUT2D eigenvalue weighted by molar-refractivity contribution is 0.0706. The molecule has 8 nitrogen and oxygen atoms in total. The third-order valence-electron chi connectivity index (χ3n) is 7.42. The molecule has 10 heteroatoms. The summed E-state index contributed by atoms with van der Waals surface area (Å²) in [7, 11) is 0. The van der Waals surface area contributed by atoms with Crippen molar-refractivity contribution in [2.24, 2.45) is 0 Å². The quantitative estimate of drug-likeness (QED) is 0.281. The van der Waals surface area contributed by atoms with Crippen LogP contribution in [-0.4, -0.2) is 38.5 Å². The summed E-state index contributed by atoms with van der Waals surface area (Å²) in [6, 6.07) is 21.6. The summed E-state index contributed by atoms with van der Waals surface area (Å²) < 4.78 is 9.60. The first-order valence-corrected chi connectivity index (χ1v) is 14.7. The zero-order valence-corrected chi connectivity index (χ0v) is 24.7. The molecule has 3 aromatic carbocycles. The largest absolute Gasteiger partial charge is 0.490 e. The standard InChI is InChI=1S/C31H28BrClN4O4/c1-19(20-5-3-2-4-6-20)34-29(38)28-27-18-35(30(39)21-7-14-25(32)26(33)17-21)15-16-36(27)31(40)37(28)22-8-10-23(11-9-22)41-24-12-13-24/h2-11,14,17,19,24H,12-13,15-16,18H2,1H3,(H,34,38)/t19-/m1/s1. The highest BCUT2D eigenvalue weighted by Crippen LogP contribution is 2.29. The van der Waals surface area contributed by atoms with Gasteiger partial charge in [0.2, 0.25) is 0 Å². The van der Waals surface area contributed by atoms with Crippen LogP contribution in [0.1, 0.15) is 57.9 Å². The molecule has 0 saturated heterocycles.